The van der Waals surface area contributed by atoms with Gasteiger partial charge >= 0.3 is 0 Å². The number of carbonyl (C=O) groups is 2. The third-order valence-corrected chi connectivity index (χ3v) is 5.06. The van der Waals surface area contributed by atoms with E-state index < -0.39 is 0 Å². The minimum atomic E-state index is -0.0605. The molecule has 3 rings (SSSR count). The van der Waals surface area contributed by atoms with Crippen LogP contribution in [0.1, 0.15) is 15.2 Å². The minimum Gasteiger partial charge on any atom is -0.365 e. The summed E-state index contributed by atoms with van der Waals surface area (Å²) < 4.78 is 6.64. The number of fused-ring (bicyclic) bond motifs is 1. The Morgan fingerprint density at radius 2 is 2.04 bits per heavy atom. The summed E-state index contributed by atoms with van der Waals surface area (Å²) in [6, 6.07) is 8.17. The highest BCUT2D eigenvalue weighted by atomic mass is 32.1. The van der Waals surface area contributed by atoms with Crippen molar-refractivity contribution < 1.29 is 14.3 Å². The second kappa shape index (κ2) is 6.29. The van der Waals surface area contributed by atoms with E-state index in [9.17, 15) is 9.59 Å². The van der Waals surface area contributed by atoms with Crippen LogP contribution >= 0.6 is 11.3 Å². The lowest BCUT2D eigenvalue weighted by atomic mass is 10.1. The molecule has 1 aliphatic heterocycles. The van der Waals surface area contributed by atoms with E-state index in [0.29, 0.717) is 13.1 Å². The van der Waals surface area contributed by atoms with Crippen molar-refractivity contribution in [1.29, 1.82) is 0 Å². The van der Waals surface area contributed by atoms with Gasteiger partial charge in [-0.3, -0.25) is 9.59 Å². The maximum absolute atomic E-state index is 12.5. The first-order chi connectivity index (χ1) is 10.9. The van der Waals surface area contributed by atoms with E-state index in [1.165, 1.54) is 21.8 Å². The standard InChI is InChI=1S/C17H20N2O3S/c1-11-4-5-14-12(6-11)7-15(23-14)17(21)19-8-13(9-19)22-10-16(20)18(2)3/h4-7,13H,8-10H2,1-3H3. The van der Waals surface area contributed by atoms with Crippen LogP contribution in [0.25, 0.3) is 10.1 Å². The van der Waals surface area contributed by atoms with Gasteiger partial charge in [0.05, 0.1) is 11.0 Å². The lowest BCUT2D eigenvalue weighted by molar-refractivity contribution is -0.138. The summed E-state index contributed by atoms with van der Waals surface area (Å²) in [5, 5.41) is 1.11. The Kier molecular flexibility index (Phi) is 4.37. The SMILES string of the molecule is Cc1ccc2sc(C(=O)N3CC(OCC(=O)N(C)C)C3)cc2c1. The van der Waals surface area contributed by atoms with E-state index in [1.807, 2.05) is 13.0 Å². The molecule has 6 heteroatoms. The van der Waals surface area contributed by atoms with E-state index in [4.69, 9.17) is 4.74 Å². The van der Waals surface area contributed by atoms with Crippen molar-refractivity contribution in [2.45, 2.75) is 13.0 Å². The van der Waals surface area contributed by atoms with E-state index in [-0.39, 0.29) is 24.5 Å². The largest absolute Gasteiger partial charge is 0.365 e. The van der Waals surface area contributed by atoms with Crippen LogP contribution in [0, 0.1) is 6.92 Å². The molecule has 1 fully saturated rings. The van der Waals surface area contributed by atoms with Gasteiger partial charge in [0, 0.05) is 31.9 Å². The highest BCUT2D eigenvalue weighted by Crippen LogP contribution is 2.28. The van der Waals surface area contributed by atoms with Gasteiger partial charge in [-0.05, 0) is 24.4 Å². The van der Waals surface area contributed by atoms with Gasteiger partial charge in [-0.15, -0.1) is 11.3 Å². The number of thiophene rings is 1. The lowest BCUT2D eigenvalue weighted by Crippen LogP contribution is -2.55. The van der Waals surface area contributed by atoms with E-state index in [1.54, 1.807) is 19.0 Å². The smallest absolute Gasteiger partial charge is 0.264 e. The third kappa shape index (κ3) is 3.38. The van der Waals surface area contributed by atoms with Gasteiger partial charge in [0.2, 0.25) is 5.91 Å². The molecule has 0 N–H and O–H groups in total. The molecular weight excluding hydrogens is 312 g/mol. The lowest BCUT2D eigenvalue weighted by Gasteiger charge is -2.38. The maximum Gasteiger partial charge on any atom is 0.264 e. The summed E-state index contributed by atoms with van der Waals surface area (Å²) in [5.74, 6) is -0.0164. The van der Waals surface area contributed by atoms with E-state index >= 15 is 0 Å². The van der Waals surface area contributed by atoms with Crippen LogP contribution in [-0.2, 0) is 9.53 Å². The molecule has 122 valence electrons. The van der Waals surface area contributed by atoms with E-state index in [0.717, 1.165) is 15.0 Å². The molecule has 0 aliphatic carbocycles. The molecule has 0 radical (unpaired) electrons. The second-order valence-corrected chi connectivity index (χ2v) is 7.17. The zero-order valence-electron chi connectivity index (χ0n) is 13.5. The van der Waals surface area contributed by atoms with E-state index in [2.05, 4.69) is 18.2 Å². The number of hydrogen-bond donors (Lipinski definition) is 0. The number of rotatable bonds is 4. The summed E-state index contributed by atoms with van der Waals surface area (Å²) in [6.45, 7) is 3.21. The summed E-state index contributed by atoms with van der Waals surface area (Å²) >= 11 is 1.52. The maximum atomic E-state index is 12.5. The van der Waals surface area contributed by atoms with Crippen molar-refractivity contribution >= 4 is 33.2 Å². The van der Waals surface area contributed by atoms with Gasteiger partial charge in [0.15, 0.2) is 0 Å². The first-order valence-electron chi connectivity index (χ1n) is 7.55. The zero-order chi connectivity index (χ0) is 16.6. The van der Waals surface area contributed by atoms with Crippen LogP contribution in [0.3, 0.4) is 0 Å². The predicted molar refractivity (Wildman–Crippen MR) is 90.9 cm³/mol. The number of carbonyl (C=O) groups excluding carboxylic acids is 2. The van der Waals surface area contributed by atoms with Crippen molar-refractivity contribution in [2.75, 3.05) is 33.8 Å². The van der Waals surface area contributed by atoms with Crippen LogP contribution in [0.5, 0.6) is 0 Å². The average molecular weight is 332 g/mol. The van der Waals surface area contributed by atoms with Gasteiger partial charge in [-0.1, -0.05) is 17.7 Å². The highest BCUT2D eigenvalue weighted by Gasteiger charge is 2.33. The summed E-state index contributed by atoms with van der Waals surface area (Å²) in [6.07, 6.45) is -0.0422. The molecule has 0 atom stereocenters. The molecule has 5 nitrogen and oxygen atoms in total. The molecule has 0 saturated carbocycles. The molecule has 0 unspecified atom stereocenters. The van der Waals surface area contributed by atoms with Crippen LogP contribution in [0.15, 0.2) is 24.3 Å². The number of likely N-dealkylation sites (N-methyl/N-ethyl adjacent to an activating group) is 1. The Labute approximate surface area is 139 Å². The minimum absolute atomic E-state index is 0.0422. The summed E-state index contributed by atoms with van der Waals surface area (Å²) in [5.41, 5.74) is 1.19. The van der Waals surface area contributed by atoms with Crippen molar-refractivity contribution in [3.8, 4) is 0 Å². The molecule has 2 heterocycles. The van der Waals surface area contributed by atoms with Crippen molar-refractivity contribution in [3.05, 3.63) is 34.7 Å². The molecule has 1 aliphatic rings. The Balaban J connectivity index is 1.56. The molecule has 1 aromatic carbocycles. The fourth-order valence-corrected chi connectivity index (χ4v) is 3.46. The molecule has 1 aromatic heterocycles. The Bertz CT molecular complexity index is 747. The number of hydrogen-bond acceptors (Lipinski definition) is 4. The number of ether oxygens (including phenoxy) is 1. The molecule has 23 heavy (non-hydrogen) atoms. The predicted octanol–water partition coefficient (Wildman–Crippen LogP) is 2.14. The van der Waals surface area contributed by atoms with Crippen LogP contribution in [0.2, 0.25) is 0 Å². The fourth-order valence-electron chi connectivity index (χ4n) is 2.45. The number of benzene rings is 1. The highest BCUT2D eigenvalue weighted by molar-refractivity contribution is 7.20. The van der Waals surface area contributed by atoms with Crippen molar-refractivity contribution in [2.24, 2.45) is 0 Å². The van der Waals surface area contributed by atoms with Gasteiger partial charge < -0.3 is 14.5 Å². The molecule has 0 spiro atoms. The van der Waals surface area contributed by atoms with Crippen molar-refractivity contribution in [3.63, 3.8) is 0 Å². The monoisotopic (exact) mass is 332 g/mol. The first kappa shape index (κ1) is 16.0. The summed E-state index contributed by atoms with van der Waals surface area (Å²) in [7, 11) is 3.40. The van der Waals surface area contributed by atoms with Crippen molar-refractivity contribution in [1.82, 2.24) is 9.80 Å². The molecular formula is C17H20N2O3S. The van der Waals surface area contributed by atoms with Gasteiger partial charge in [-0.2, -0.15) is 0 Å². The third-order valence-electron chi connectivity index (χ3n) is 3.96. The first-order valence-corrected chi connectivity index (χ1v) is 8.37. The Morgan fingerprint density at radius 1 is 1.30 bits per heavy atom. The normalized spacial score (nSPS) is 14.8. The molecule has 2 aromatic rings. The fraction of sp³-hybridized carbons (Fsp3) is 0.412. The topological polar surface area (TPSA) is 49.9 Å². The van der Waals surface area contributed by atoms with Crippen LogP contribution in [0.4, 0.5) is 0 Å². The second-order valence-electron chi connectivity index (χ2n) is 6.08. The Morgan fingerprint density at radius 3 is 2.74 bits per heavy atom. The van der Waals surface area contributed by atoms with Gasteiger partial charge in [0.1, 0.15) is 6.61 Å². The van der Waals surface area contributed by atoms with Crippen LogP contribution in [-0.4, -0.2) is 61.5 Å². The number of amides is 2. The van der Waals surface area contributed by atoms with Gasteiger partial charge in [-0.25, -0.2) is 0 Å². The zero-order valence-corrected chi connectivity index (χ0v) is 14.4. The number of likely N-dealkylation sites (tertiary alicyclic amines) is 1. The molecule has 1 saturated heterocycles. The average Bonchev–Trinajstić information content (AvgIpc) is 2.87. The molecule has 2 amide bonds. The van der Waals surface area contributed by atoms with Gasteiger partial charge in [0.25, 0.3) is 5.91 Å². The Hall–Kier alpha value is -1.92. The number of nitrogens with zero attached hydrogens (tertiary/aromatic N) is 2. The quantitative estimate of drug-likeness (QED) is 0.862. The van der Waals surface area contributed by atoms with Crippen LogP contribution < -0.4 is 0 Å². The molecule has 0 bridgehead atoms. The summed E-state index contributed by atoms with van der Waals surface area (Å²) in [4.78, 5) is 28.0. The number of aryl methyl sites for hydroxylation is 1.